The minimum Gasteiger partial charge on any atom is -0.347 e. The molecule has 0 bridgehead atoms. The van der Waals surface area contributed by atoms with E-state index in [1.165, 1.54) is 11.3 Å². The van der Waals surface area contributed by atoms with E-state index in [0.717, 1.165) is 29.2 Å². The summed E-state index contributed by atoms with van der Waals surface area (Å²) in [5.41, 5.74) is 1.85. The number of aromatic nitrogens is 3. The van der Waals surface area contributed by atoms with Gasteiger partial charge in [-0.15, -0.1) is 0 Å². The van der Waals surface area contributed by atoms with Crippen LogP contribution >= 0.6 is 11.3 Å². The van der Waals surface area contributed by atoms with Gasteiger partial charge in [0.15, 0.2) is 5.13 Å². The number of carbonyl (C=O) groups excluding carboxylic acids is 1. The van der Waals surface area contributed by atoms with Crippen molar-refractivity contribution < 1.29 is 4.79 Å². The number of pyridine rings is 1. The van der Waals surface area contributed by atoms with Crippen LogP contribution in [0.1, 0.15) is 34.3 Å². The van der Waals surface area contributed by atoms with Gasteiger partial charge in [-0.25, -0.2) is 4.98 Å². The molecule has 5 nitrogen and oxygen atoms in total. The largest absolute Gasteiger partial charge is 0.347 e. The summed E-state index contributed by atoms with van der Waals surface area (Å²) in [5.74, 6) is -0.0757. The Bertz CT molecular complexity index is 765. The summed E-state index contributed by atoms with van der Waals surface area (Å²) in [4.78, 5) is 21.9. The highest BCUT2D eigenvalue weighted by Gasteiger charge is 2.18. The van der Waals surface area contributed by atoms with Crippen LogP contribution in [-0.2, 0) is 13.0 Å². The fraction of sp³-hybridized carbons (Fsp3) is 0.235. The van der Waals surface area contributed by atoms with E-state index in [2.05, 4.69) is 22.2 Å². The predicted octanol–water partition coefficient (Wildman–Crippen LogP) is 3.21. The van der Waals surface area contributed by atoms with Gasteiger partial charge >= 0.3 is 0 Å². The Kier molecular flexibility index (Phi) is 4.83. The molecule has 0 aliphatic rings. The van der Waals surface area contributed by atoms with Gasteiger partial charge < -0.3 is 9.88 Å². The molecular formula is C17H18N4OS. The molecule has 0 aliphatic carbocycles. The molecular weight excluding hydrogens is 308 g/mol. The van der Waals surface area contributed by atoms with Crippen LogP contribution in [0.3, 0.4) is 0 Å². The summed E-state index contributed by atoms with van der Waals surface area (Å²) in [6.45, 7) is 2.56. The minimum atomic E-state index is -0.0757. The number of hydrogen-bond acceptors (Lipinski definition) is 4. The number of thiazole rings is 1. The first-order chi connectivity index (χ1) is 11.3. The van der Waals surface area contributed by atoms with Gasteiger partial charge in [0.1, 0.15) is 4.88 Å². The molecule has 1 N–H and O–H groups in total. The summed E-state index contributed by atoms with van der Waals surface area (Å²) in [6, 6.07) is 7.70. The van der Waals surface area contributed by atoms with E-state index in [1.807, 2.05) is 41.2 Å². The molecule has 0 aromatic carbocycles. The van der Waals surface area contributed by atoms with E-state index in [0.29, 0.717) is 11.4 Å². The normalized spacial score (nSPS) is 10.7. The molecule has 118 valence electrons. The molecule has 3 rings (SSSR count). The minimum absolute atomic E-state index is 0.0757. The Hall–Kier alpha value is -2.47. The van der Waals surface area contributed by atoms with Crippen LogP contribution in [0, 0.1) is 0 Å². The molecule has 0 spiro atoms. The van der Waals surface area contributed by atoms with E-state index in [4.69, 9.17) is 0 Å². The summed E-state index contributed by atoms with van der Waals surface area (Å²) in [5, 5.41) is 3.78. The first-order valence-electron chi connectivity index (χ1n) is 7.58. The molecule has 0 atom stereocenters. The molecule has 0 aliphatic heterocycles. The maximum Gasteiger partial charge on any atom is 0.263 e. The van der Waals surface area contributed by atoms with E-state index < -0.39 is 0 Å². The van der Waals surface area contributed by atoms with E-state index in [-0.39, 0.29) is 5.91 Å². The SMILES string of the molecule is CCCc1nc(-n2cccc2)sc1C(=O)NCc1cccnc1. The van der Waals surface area contributed by atoms with Gasteiger partial charge in [0, 0.05) is 31.3 Å². The Labute approximate surface area is 139 Å². The lowest BCUT2D eigenvalue weighted by molar-refractivity contribution is 0.0954. The van der Waals surface area contributed by atoms with Crippen molar-refractivity contribution in [2.45, 2.75) is 26.3 Å². The van der Waals surface area contributed by atoms with Crippen LogP contribution in [0.2, 0.25) is 0 Å². The van der Waals surface area contributed by atoms with E-state index in [1.54, 1.807) is 12.4 Å². The quantitative estimate of drug-likeness (QED) is 0.756. The highest BCUT2D eigenvalue weighted by molar-refractivity contribution is 7.16. The molecule has 0 unspecified atom stereocenters. The zero-order valence-corrected chi connectivity index (χ0v) is 13.7. The van der Waals surface area contributed by atoms with Crippen LogP contribution in [0.4, 0.5) is 0 Å². The van der Waals surface area contributed by atoms with Crippen molar-refractivity contribution in [2.75, 3.05) is 0 Å². The van der Waals surface area contributed by atoms with Crippen LogP contribution in [-0.4, -0.2) is 20.4 Å². The maximum atomic E-state index is 12.5. The second-order valence-corrected chi connectivity index (χ2v) is 6.13. The molecule has 0 fully saturated rings. The van der Waals surface area contributed by atoms with Crippen molar-refractivity contribution in [3.63, 3.8) is 0 Å². The number of rotatable bonds is 6. The first kappa shape index (κ1) is 15.4. The summed E-state index contributed by atoms with van der Waals surface area (Å²) in [6.07, 6.45) is 9.10. The van der Waals surface area contributed by atoms with Crippen LogP contribution < -0.4 is 5.32 Å². The predicted molar refractivity (Wildman–Crippen MR) is 90.8 cm³/mol. The molecule has 23 heavy (non-hydrogen) atoms. The van der Waals surface area contributed by atoms with Crippen molar-refractivity contribution in [1.82, 2.24) is 19.9 Å². The monoisotopic (exact) mass is 326 g/mol. The van der Waals surface area contributed by atoms with E-state index >= 15 is 0 Å². The number of nitrogens with zero attached hydrogens (tertiary/aromatic N) is 3. The molecule has 3 aromatic rings. The van der Waals surface area contributed by atoms with Gasteiger partial charge in [-0.05, 0) is 30.2 Å². The van der Waals surface area contributed by atoms with Gasteiger partial charge in [-0.2, -0.15) is 0 Å². The zero-order valence-electron chi connectivity index (χ0n) is 12.9. The van der Waals surface area contributed by atoms with Crippen molar-refractivity contribution in [1.29, 1.82) is 0 Å². The van der Waals surface area contributed by atoms with Gasteiger partial charge in [-0.1, -0.05) is 30.7 Å². The van der Waals surface area contributed by atoms with E-state index in [9.17, 15) is 4.79 Å². The average Bonchev–Trinajstić information content (AvgIpc) is 3.23. The number of hydrogen-bond donors (Lipinski definition) is 1. The molecule has 0 saturated heterocycles. The summed E-state index contributed by atoms with van der Waals surface area (Å²) >= 11 is 1.42. The molecule has 0 saturated carbocycles. The molecule has 1 amide bonds. The fourth-order valence-electron chi connectivity index (χ4n) is 2.26. The van der Waals surface area contributed by atoms with Crippen molar-refractivity contribution in [2.24, 2.45) is 0 Å². The molecule has 0 radical (unpaired) electrons. The molecule has 3 aromatic heterocycles. The highest BCUT2D eigenvalue weighted by Crippen LogP contribution is 2.23. The molecule has 6 heteroatoms. The third-order valence-corrected chi connectivity index (χ3v) is 4.49. The van der Waals surface area contributed by atoms with Crippen LogP contribution in [0.15, 0.2) is 49.1 Å². The number of nitrogens with one attached hydrogen (secondary N) is 1. The van der Waals surface area contributed by atoms with Crippen molar-refractivity contribution in [3.05, 3.63) is 65.2 Å². The Morgan fingerprint density at radius 1 is 1.30 bits per heavy atom. The second-order valence-electron chi connectivity index (χ2n) is 5.16. The third-order valence-electron chi connectivity index (χ3n) is 3.38. The van der Waals surface area contributed by atoms with Crippen molar-refractivity contribution >= 4 is 17.2 Å². The average molecular weight is 326 g/mol. The lowest BCUT2D eigenvalue weighted by Crippen LogP contribution is -2.23. The van der Waals surface area contributed by atoms with Gasteiger partial charge in [0.25, 0.3) is 5.91 Å². The Morgan fingerprint density at radius 3 is 2.83 bits per heavy atom. The standard InChI is InChI=1S/C17H18N4OS/c1-2-6-14-15(23-17(20-14)21-9-3-4-10-21)16(22)19-12-13-7-5-8-18-11-13/h3-5,7-11H,2,6,12H2,1H3,(H,19,22). The van der Waals surface area contributed by atoms with Gasteiger partial charge in [-0.3, -0.25) is 9.78 Å². The third kappa shape index (κ3) is 3.65. The molecule has 3 heterocycles. The van der Waals surface area contributed by atoms with Gasteiger partial charge in [0.05, 0.1) is 5.69 Å². The number of amides is 1. The van der Waals surface area contributed by atoms with Crippen molar-refractivity contribution in [3.8, 4) is 5.13 Å². The maximum absolute atomic E-state index is 12.5. The number of carbonyl (C=O) groups is 1. The summed E-state index contributed by atoms with van der Waals surface area (Å²) < 4.78 is 1.93. The first-order valence-corrected chi connectivity index (χ1v) is 8.39. The second kappa shape index (κ2) is 7.19. The fourth-order valence-corrected chi connectivity index (χ4v) is 3.26. The van der Waals surface area contributed by atoms with Crippen LogP contribution in [0.25, 0.3) is 5.13 Å². The lowest BCUT2D eigenvalue weighted by atomic mass is 10.2. The Balaban J connectivity index is 1.78. The highest BCUT2D eigenvalue weighted by atomic mass is 32.1. The zero-order chi connectivity index (χ0) is 16.1. The summed E-state index contributed by atoms with van der Waals surface area (Å²) in [7, 11) is 0. The smallest absolute Gasteiger partial charge is 0.263 e. The van der Waals surface area contributed by atoms with Crippen LogP contribution in [0.5, 0.6) is 0 Å². The van der Waals surface area contributed by atoms with Gasteiger partial charge in [0.2, 0.25) is 0 Å². The lowest BCUT2D eigenvalue weighted by Gasteiger charge is -2.04. The Morgan fingerprint density at radius 2 is 2.13 bits per heavy atom. The topological polar surface area (TPSA) is 59.8 Å². The number of aryl methyl sites for hydroxylation is 1.